The highest BCUT2D eigenvalue weighted by Gasteiger charge is 2.21. The van der Waals surface area contributed by atoms with Gasteiger partial charge in [-0.05, 0) is 56.7 Å². The molecule has 7 heteroatoms. The van der Waals surface area contributed by atoms with Crippen LogP contribution in [-0.2, 0) is 4.79 Å². The van der Waals surface area contributed by atoms with Gasteiger partial charge >= 0.3 is 0 Å². The van der Waals surface area contributed by atoms with E-state index >= 15 is 0 Å². The molecular formula is C22H26N4O2S. The number of benzene rings is 1. The van der Waals surface area contributed by atoms with Crippen molar-refractivity contribution < 1.29 is 4.79 Å². The number of para-hydroxylation sites is 1. The fraction of sp³-hybridized carbons (Fsp3) is 0.409. The monoisotopic (exact) mass is 410 g/mol. The van der Waals surface area contributed by atoms with Crippen LogP contribution in [-0.4, -0.2) is 32.2 Å². The number of carbonyl (C=O) groups excluding carboxylic acids is 1. The van der Waals surface area contributed by atoms with E-state index in [0.29, 0.717) is 16.2 Å². The van der Waals surface area contributed by atoms with Crippen molar-refractivity contribution in [1.82, 2.24) is 19.9 Å². The number of hydrogen-bond donors (Lipinski definition) is 2. The van der Waals surface area contributed by atoms with Gasteiger partial charge in [0.2, 0.25) is 5.91 Å². The molecule has 2 heterocycles. The van der Waals surface area contributed by atoms with Gasteiger partial charge in [0.25, 0.3) is 5.56 Å². The Morgan fingerprint density at radius 3 is 2.69 bits per heavy atom. The average molecular weight is 411 g/mol. The molecular weight excluding hydrogens is 384 g/mol. The number of amides is 1. The molecule has 0 spiro atoms. The molecule has 0 unspecified atom stereocenters. The van der Waals surface area contributed by atoms with Gasteiger partial charge in [-0.25, -0.2) is 4.98 Å². The van der Waals surface area contributed by atoms with Crippen molar-refractivity contribution in [2.45, 2.75) is 50.7 Å². The van der Waals surface area contributed by atoms with Gasteiger partial charge in [-0.2, -0.15) is 0 Å². The number of carbonyl (C=O) groups is 1. The van der Waals surface area contributed by atoms with Gasteiger partial charge in [-0.3, -0.25) is 14.2 Å². The Hall–Kier alpha value is -2.54. The van der Waals surface area contributed by atoms with E-state index in [-0.39, 0.29) is 23.3 Å². The average Bonchev–Trinajstić information content (AvgIpc) is 3.09. The summed E-state index contributed by atoms with van der Waals surface area (Å²) in [4.78, 5) is 33.4. The molecule has 6 nitrogen and oxygen atoms in total. The normalized spacial score (nSPS) is 19.4. The van der Waals surface area contributed by atoms with Gasteiger partial charge in [0.1, 0.15) is 5.52 Å². The largest absolute Gasteiger partial charge is 0.353 e. The van der Waals surface area contributed by atoms with E-state index in [2.05, 4.69) is 22.2 Å². The Morgan fingerprint density at radius 1 is 1.24 bits per heavy atom. The number of hydrogen-bond acceptors (Lipinski definition) is 4. The summed E-state index contributed by atoms with van der Waals surface area (Å²) in [6.07, 6.45) is 4.41. The molecule has 0 bridgehead atoms. The Bertz CT molecular complexity index is 1070. The zero-order valence-electron chi connectivity index (χ0n) is 16.8. The van der Waals surface area contributed by atoms with Crippen LogP contribution in [0.5, 0.6) is 0 Å². The van der Waals surface area contributed by atoms with E-state index in [9.17, 15) is 9.59 Å². The molecule has 0 radical (unpaired) electrons. The van der Waals surface area contributed by atoms with Crippen LogP contribution in [0.2, 0.25) is 0 Å². The molecule has 3 aromatic rings. The van der Waals surface area contributed by atoms with E-state index in [0.717, 1.165) is 43.0 Å². The standard InChI is InChI=1S/C22H26N4O2S/c1-14-8-10-16(11-9-14)24-19(27)13-29-22-25-18-12-15(2)23-20(18)21(28)26(22)17-6-4-3-5-7-17/h3-7,12,14,16,23H,8-11,13H2,1-2H3,(H,24,27). The quantitative estimate of drug-likeness (QED) is 0.495. The number of nitrogens with zero attached hydrogens (tertiary/aromatic N) is 2. The Morgan fingerprint density at radius 2 is 1.97 bits per heavy atom. The van der Waals surface area contributed by atoms with Crippen molar-refractivity contribution in [3.05, 3.63) is 52.4 Å². The van der Waals surface area contributed by atoms with E-state index in [1.165, 1.54) is 11.8 Å². The molecule has 0 atom stereocenters. The van der Waals surface area contributed by atoms with E-state index in [1.807, 2.05) is 43.3 Å². The highest BCUT2D eigenvalue weighted by molar-refractivity contribution is 7.99. The first-order chi connectivity index (χ1) is 14.0. The second kappa shape index (κ2) is 8.45. The van der Waals surface area contributed by atoms with E-state index in [1.54, 1.807) is 4.57 Å². The molecule has 1 saturated carbocycles. The third-order valence-corrected chi connectivity index (χ3v) is 6.42. The maximum absolute atomic E-state index is 13.1. The first kappa shape index (κ1) is 19.8. The van der Waals surface area contributed by atoms with Crippen molar-refractivity contribution in [2.24, 2.45) is 5.92 Å². The van der Waals surface area contributed by atoms with Gasteiger partial charge in [-0.15, -0.1) is 0 Å². The summed E-state index contributed by atoms with van der Waals surface area (Å²) < 4.78 is 1.58. The van der Waals surface area contributed by atoms with Crippen molar-refractivity contribution in [3.8, 4) is 5.69 Å². The fourth-order valence-corrected chi connectivity index (χ4v) is 4.71. The fourth-order valence-electron chi connectivity index (χ4n) is 3.88. The maximum Gasteiger partial charge on any atom is 0.283 e. The van der Waals surface area contributed by atoms with Crippen LogP contribution in [0.25, 0.3) is 16.7 Å². The summed E-state index contributed by atoms with van der Waals surface area (Å²) in [6.45, 7) is 4.17. The zero-order chi connectivity index (χ0) is 20.4. The lowest BCUT2D eigenvalue weighted by Crippen LogP contribution is -2.38. The minimum absolute atomic E-state index is 0.00578. The van der Waals surface area contributed by atoms with Crippen molar-refractivity contribution in [2.75, 3.05) is 5.75 Å². The second-order valence-electron chi connectivity index (χ2n) is 7.90. The van der Waals surface area contributed by atoms with E-state index in [4.69, 9.17) is 0 Å². The number of nitrogens with one attached hydrogen (secondary N) is 2. The molecule has 1 aromatic carbocycles. The van der Waals surface area contributed by atoms with Crippen LogP contribution >= 0.6 is 11.8 Å². The third-order valence-electron chi connectivity index (χ3n) is 5.48. The summed E-state index contributed by atoms with van der Waals surface area (Å²) in [6, 6.07) is 11.5. The van der Waals surface area contributed by atoms with Crippen molar-refractivity contribution in [1.29, 1.82) is 0 Å². The molecule has 152 valence electrons. The van der Waals surface area contributed by atoms with Crippen LogP contribution in [0.15, 0.2) is 46.3 Å². The Kier molecular flexibility index (Phi) is 5.76. The molecule has 4 rings (SSSR count). The summed E-state index contributed by atoms with van der Waals surface area (Å²) in [5.74, 6) is 0.979. The van der Waals surface area contributed by atoms with Gasteiger partial charge in [-0.1, -0.05) is 36.9 Å². The van der Waals surface area contributed by atoms with Crippen LogP contribution in [0, 0.1) is 12.8 Å². The molecule has 0 saturated heterocycles. The maximum atomic E-state index is 13.1. The van der Waals surface area contributed by atoms with Crippen molar-refractivity contribution >= 4 is 28.7 Å². The highest BCUT2D eigenvalue weighted by atomic mass is 32.2. The molecule has 1 fully saturated rings. The summed E-state index contributed by atoms with van der Waals surface area (Å²) in [5.41, 5.74) is 2.58. The second-order valence-corrected chi connectivity index (χ2v) is 8.84. The molecule has 1 aliphatic carbocycles. The number of rotatable bonds is 5. The predicted molar refractivity (Wildman–Crippen MR) is 117 cm³/mol. The van der Waals surface area contributed by atoms with Crippen LogP contribution < -0.4 is 10.9 Å². The highest BCUT2D eigenvalue weighted by Crippen LogP contribution is 2.24. The van der Waals surface area contributed by atoms with Crippen LogP contribution in [0.1, 0.15) is 38.3 Å². The van der Waals surface area contributed by atoms with E-state index < -0.39 is 0 Å². The van der Waals surface area contributed by atoms with Gasteiger partial charge < -0.3 is 10.3 Å². The lowest BCUT2D eigenvalue weighted by atomic mass is 9.87. The van der Waals surface area contributed by atoms with Gasteiger partial charge in [0, 0.05) is 11.7 Å². The number of aryl methyl sites for hydroxylation is 1. The minimum Gasteiger partial charge on any atom is -0.353 e. The molecule has 29 heavy (non-hydrogen) atoms. The minimum atomic E-state index is -0.154. The number of aromatic nitrogens is 3. The Balaban J connectivity index is 1.57. The molecule has 2 N–H and O–H groups in total. The summed E-state index contributed by atoms with van der Waals surface area (Å²) in [5, 5.41) is 3.67. The molecule has 1 amide bonds. The summed E-state index contributed by atoms with van der Waals surface area (Å²) >= 11 is 1.30. The Labute approximate surface area is 174 Å². The van der Waals surface area contributed by atoms with Gasteiger partial charge in [0.05, 0.1) is 17.0 Å². The lowest BCUT2D eigenvalue weighted by molar-refractivity contribution is -0.119. The van der Waals surface area contributed by atoms with Crippen LogP contribution in [0.3, 0.4) is 0 Å². The molecule has 0 aliphatic heterocycles. The number of fused-ring (bicyclic) bond motifs is 1. The topological polar surface area (TPSA) is 79.8 Å². The molecule has 1 aliphatic rings. The number of aromatic amines is 1. The predicted octanol–water partition coefficient (Wildman–Crippen LogP) is 3.81. The number of thioether (sulfide) groups is 1. The zero-order valence-corrected chi connectivity index (χ0v) is 17.6. The molecule has 2 aromatic heterocycles. The SMILES string of the molecule is Cc1cc2nc(SCC(=O)NC3CCC(C)CC3)n(-c3ccccc3)c(=O)c2[nH]1. The lowest BCUT2D eigenvalue weighted by Gasteiger charge is -2.26. The third kappa shape index (κ3) is 4.40. The number of H-pyrrole nitrogens is 1. The summed E-state index contributed by atoms with van der Waals surface area (Å²) in [7, 11) is 0. The van der Waals surface area contributed by atoms with Gasteiger partial charge in [0.15, 0.2) is 5.16 Å². The van der Waals surface area contributed by atoms with Crippen molar-refractivity contribution in [3.63, 3.8) is 0 Å². The van der Waals surface area contributed by atoms with Crippen LogP contribution in [0.4, 0.5) is 0 Å². The first-order valence-electron chi connectivity index (χ1n) is 10.1. The smallest absolute Gasteiger partial charge is 0.283 e. The first-order valence-corrected chi connectivity index (χ1v) is 11.1.